The molecule has 3 rings (SSSR count). The maximum Gasteiger partial charge on any atom is 0.251 e. The van der Waals surface area contributed by atoms with Gasteiger partial charge in [0.25, 0.3) is 5.56 Å². The van der Waals surface area contributed by atoms with Crippen molar-refractivity contribution in [3.8, 4) is 0 Å². The predicted octanol–water partition coefficient (Wildman–Crippen LogP) is -0.368. The number of hydrogen-bond donors (Lipinski definition) is 0. The first-order chi connectivity index (χ1) is 14.5. The molecule has 12 heteroatoms. The summed E-state index contributed by atoms with van der Waals surface area (Å²) in [5.41, 5.74) is -0.503. The smallest absolute Gasteiger partial charge is 0.251 e. The van der Waals surface area contributed by atoms with Crippen LogP contribution in [0.5, 0.6) is 0 Å². The molecule has 0 bridgehead atoms. The number of pyridine rings is 1. The fourth-order valence-electron chi connectivity index (χ4n) is 3.16. The van der Waals surface area contributed by atoms with E-state index in [1.165, 1.54) is 41.5 Å². The van der Waals surface area contributed by atoms with Gasteiger partial charge in [0.05, 0.1) is 9.79 Å². The summed E-state index contributed by atoms with van der Waals surface area (Å²) in [6.07, 6.45) is 1.14. The summed E-state index contributed by atoms with van der Waals surface area (Å²) in [4.78, 5) is 26.4. The van der Waals surface area contributed by atoms with Gasteiger partial charge >= 0.3 is 0 Å². The van der Waals surface area contributed by atoms with E-state index in [1.54, 1.807) is 18.2 Å². The van der Waals surface area contributed by atoms with E-state index >= 15 is 0 Å². The molecule has 0 N–H and O–H groups in total. The Bertz CT molecular complexity index is 1220. The van der Waals surface area contributed by atoms with Gasteiger partial charge in [-0.3, -0.25) is 9.59 Å². The van der Waals surface area contributed by atoms with E-state index < -0.39 is 31.5 Å². The molecule has 0 saturated carbocycles. The Hall–Kier alpha value is -2.54. The van der Waals surface area contributed by atoms with Gasteiger partial charge in [-0.05, 0) is 18.2 Å². The summed E-state index contributed by atoms with van der Waals surface area (Å²) in [5, 5.41) is 0. The van der Waals surface area contributed by atoms with Crippen LogP contribution in [-0.2, 0) is 31.4 Å². The van der Waals surface area contributed by atoms with Gasteiger partial charge in [0, 0.05) is 52.5 Å². The molecule has 0 aliphatic carbocycles. The predicted molar refractivity (Wildman–Crippen MR) is 113 cm³/mol. The van der Waals surface area contributed by atoms with Gasteiger partial charge < -0.3 is 9.47 Å². The summed E-state index contributed by atoms with van der Waals surface area (Å²) in [5.74, 6) is -0.390. The number of benzene rings is 1. The summed E-state index contributed by atoms with van der Waals surface area (Å²) in [6, 6.07) is 10.4. The highest BCUT2D eigenvalue weighted by Crippen LogP contribution is 2.17. The van der Waals surface area contributed by atoms with Gasteiger partial charge in [-0.1, -0.05) is 18.2 Å². The molecule has 0 atom stereocenters. The number of amides is 1. The second kappa shape index (κ2) is 8.91. The average molecular weight is 469 g/mol. The van der Waals surface area contributed by atoms with Crippen LogP contribution in [0.15, 0.2) is 63.2 Å². The van der Waals surface area contributed by atoms with Gasteiger partial charge in [-0.25, -0.2) is 21.1 Å². The van der Waals surface area contributed by atoms with Gasteiger partial charge in [0.15, 0.2) is 0 Å². The lowest BCUT2D eigenvalue weighted by Gasteiger charge is -2.34. The van der Waals surface area contributed by atoms with Gasteiger partial charge in [-0.2, -0.15) is 4.31 Å². The number of aromatic nitrogens is 1. The van der Waals surface area contributed by atoms with Crippen LogP contribution in [0, 0.1) is 0 Å². The van der Waals surface area contributed by atoms with E-state index in [9.17, 15) is 26.4 Å². The highest BCUT2D eigenvalue weighted by atomic mass is 32.2. The van der Waals surface area contributed by atoms with Crippen molar-refractivity contribution in [1.29, 1.82) is 0 Å². The first-order valence-corrected chi connectivity index (χ1v) is 12.4. The molecule has 1 fully saturated rings. The van der Waals surface area contributed by atoms with E-state index in [4.69, 9.17) is 0 Å². The van der Waals surface area contributed by atoms with Crippen LogP contribution in [0.25, 0.3) is 0 Å². The van der Waals surface area contributed by atoms with E-state index in [-0.39, 0.29) is 42.5 Å². The van der Waals surface area contributed by atoms with Crippen molar-refractivity contribution in [3.05, 3.63) is 59.0 Å². The third-order valence-corrected chi connectivity index (χ3v) is 8.72. The number of hydrogen-bond acceptors (Lipinski definition) is 6. The number of nitrogens with zero attached hydrogens (tertiary/aromatic N) is 4. The summed E-state index contributed by atoms with van der Waals surface area (Å²) in [7, 11) is -4.64. The van der Waals surface area contributed by atoms with Crippen LogP contribution in [0.4, 0.5) is 0 Å². The molecule has 168 valence electrons. The number of piperazine rings is 1. The van der Waals surface area contributed by atoms with Crippen molar-refractivity contribution in [3.63, 3.8) is 0 Å². The van der Waals surface area contributed by atoms with Crippen molar-refractivity contribution >= 4 is 26.0 Å². The second-order valence-corrected chi connectivity index (χ2v) is 11.3. The molecule has 0 radical (unpaired) electrons. The Morgan fingerprint density at radius 2 is 1.52 bits per heavy atom. The number of carbonyl (C=O) groups is 1. The number of sulfonamides is 2. The monoisotopic (exact) mass is 468 g/mol. The van der Waals surface area contributed by atoms with Crippen molar-refractivity contribution in [1.82, 2.24) is 18.1 Å². The lowest BCUT2D eigenvalue weighted by atomic mass is 10.3. The summed E-state index contributed by atoms with van der Waals surface area (Å²) >= 11 is 0. The maximum atomic E-state index is 12.7. The number of carbonyl (C=O) groups excluding carboxylic acids is 1. The van der Waals surface area contributed by atoms with Crippen LogP contribution in [0.1, 0.15) is 0 Å². The molecule has 0 spiro atoms. The highest BCUT2D eigenvalue weighted by molar-refractivity contribution is 7.89. The van der Waals surface area contributed by atoms with Crippen molar-refractivity contribution in [2.45, 2.75) is 16.3 Å². The largest absolute Gasteiger partial charge is 0.339 e. The Balaban J connectivity index is 1.69. The average Bonchev–Trinajstić information content (AvgIpc) is 2.75. The van der Waals surface area contributed by atoms with Crippen molar-refractivity contribution in [2.75, 3.05) is 40.3 Å². The molecular weight excluding hydrogens is 444 g/mol. The molecule has 1 saturated heterocycles. The molecule has 1 aliphatic rings. The second-order valence-electron chi connectivity index (χ2n) is 7.22. The lowest BCUT2D eigenvalue weighted by molar-refractivity contribution is -0.133. The Kier molecular flexibility index (Phi) is 6.65. The van der Waals surface area contributed by atoms with E-state index in [2.05, 4.69) is 0 Å². The quantitative estimate of drug-likeness (QED) is 0.571. The molecule has 2 aromatic rings. The Labute approximate surface area is 181 Å². The molecule has 1 aromatic carbocycles. The fraction of sp³-hybridized carbons (Fsp3) is 0.368. The minimum absolute atomic E-state index is 0.0938. The first-order valence-electron chi connectivity index (χ1n) is 9.49. The van der Waals surface area contributed by atoms with E-state index in [0.29, 0.717) is 0 Å². The molecular formula is C19H24N4O6S2. The number of rotatable bonds is 6. The molecule has 0 unspecified atom stereocenters. The third kappa shape index (κ3) is 4.87. The molecule has 1 aliphatic heterocycles. The maximum absolute atomic E-state index is 12.7. The van der Waals surface area contributed by atoms with Crippen LogP contribution in [0.2, 0.25) is 0 Å². The van der Waals surface area contributed by atoms with Crippen LogP contribution >= 0.6 is 0 Å². The molecule has 1 aromatic heterocycles. The summed E-state index contributed by atoms with van der Waals surface area (Å²) < 4.78 is 53.4. The minimum Gasteiger partial charge on any atom is -0.339 e. The normalized spacial score (nSPS) is 15.9. The van der Waals surface area contributed by atoms with Crippen LogP contribution in [0.3, 0.4) is 0 Å². The molecule has 2 heterocycles. The fourth-order valence-corrected chi connectivity index (χ4v) is 5.53. The third-order valence-electron chi connectivity index (χ3n) is 5.01. The highest BCUT2D eigenvalue weighted by Gasteiger charge is 2.30. The van der Waals surface area contributed by atoms with E-state index in [1.807, 2.05) is 0 Å². The topological polar surface area (TPSA) is 117 Å². The zero-order valence-corrected chi connectivity index (χ0v) is 18.8. The minimum atomic E-state index is -3.75. The zero-order valence-electron chi connectivity index (χ0n) is 17.2. The van der Waals surface area contributed by atoms with Gasteiger partial charge in [0.1, 0.15) is 6.54 Å². The van der Waals surface area contributed by atoms with Gasteiger partial charge in [-0.15, -0.1) is 0 Å². The van der Waals surface area contributed by atoms with Gasteiger partial charge in [0.2, 0.25) is 26.0 Å². The SMILES string of the molecule is CN(C)S(=O)(=O)c1ccc(=O)n(CC(=O)N2CCN(S(=O)(=O)c3ccccc3)CC2)c1. The van der Waals surface area contributed by atoms with E-state index in [0.717, 1.165) is 21.1 Å². The first kappa shape index (κ1) is 23.1. The van der Waals surface area contributed by atoms with Crippen molar-refractivity contribution < 1.29 is 21.6 Å². The zero-order chi connectivity index (χ0) is 22.8. The molecule has 1 amide bonds. The van der Waals surface area contributed by atoms with Crippen molar-refractivity contribution in [2.24, 2.45) is 0 Å². The molecule has 10 nitrogen and oxygen atoms in total. The van der Waals surface area contributed by atoms with Crippen LogP contribution in [-0.4, -0.2) is 81.1 Å². The summed E-state index contributed by atoms with van der Waals surface area (Å²) in [6.45, 7) is 0.283. The van der Waals surface area contributed by atoms with Crippen LogP contribution < -0.4 is 5.56 Å². The lowest BCUT2D eigenvalue weighted by Crippen LogP contribution is -2.51. The molecule has 31 heavy (non-hydrogen) atoms. The standard InChI is InChI=1S/C19H24N4O6S2/c1-20(2)30(26,27)17-8-9-18(24)22(14-17)15-19(25)21-10-12-23(13-11-21)31(28,29)16-6-4-3-5-7-16/h3-9,14H,10-13,15H2,1-2H3. The Morgan fingerprint density at radius 3 is 2.10 bits per heavy atom. The Morgan fingerprint density at radius 1 is 0.903 bits per heavy atom.